The average molecular weight is 421 g/mol. The zero-order valence-electron chi connectivity index (χ0n) is 17.2. The van der Waals surface area contributed by atoms with Crippen molar-refractivity contribution in [1.82, 2.24) is 25.7 Å². The van der Waals surface area contributed by atoms with Crippen molar-refractivity contribution in [3.05, 3.63) is 48.3 Å². The van der Waals surface area contributed by atoms with Gasteiger partial charge in [-0.25, -0.2) is 4.39 Å². The Labute approximate surface area is 179 Å². The molecule has 2 N–H and O–H groups in total. The van der Waals surface area contributed by atoms with Crippen molar-refractivity contribution in [2.75, 3.05) is 0 Å². The second kappa shape index (κ2) is 8.19. The van der Waals surface area contributed by atoms with Gasteiger partial charge in [-0.2, -0.15) is 10.2 Å². The number of aryl methyl sites for hydroxylation is 1. The number of alkyl halides is 1. The average Bonchev–Trinajstić information content (AvgIpc) is 2.78. The minimum Gasteiger partial charge on any atom is -0.507 e. The molecule has 2 unspecified atom stereocenters. The van der Waals surface area contributed by atoms with E-state index in [2.05, 4.69) is 25.7 Å². The number of halogens is 1. The van der Waals surface area contributed by atoms with Gasteiger partial charge in [0.25, 0.3) is 0 Å². The van der Waals surface area contributed by atoms with Gasteiger partial charge in [0, 0.05) is 35.7 Å². The Balaban J connectivity index is 1.32. The van der Waals surface area contributed by atoms with E-state index in [1.165, 1.54) is 0 Å². The first-order valence-electron chi connectivity index (χ1n) is 10.6. The predicted molar refractivity (Wildman–Crippen MR) is 113 cm³/mol. The number of nitrogens with one attached hydrogen (secondary N) is 1. The minimum absolute atomic E-state index is 0.0879. The van der Waals surface area contributed by atoms with Gasteiger partial charge in [0.2, 0.25) is 5.88 Å². The highest BCUT2D eigenvalue weighted by Gasteiger charge is 2.41. The molecule has 31 heavy (non-hydrogen) atoms. The van der Waals surface area contributed by atoms with Gasteiger partial charge in [-0.3, -0.25) is 0 Å². The van der Waals surface area contributed by atoms with Crippen LogP contribution in [0.25, 0.3) is 22.4 Å². The van der Waals surface area contributed by atoms with E-state index in [0.717, 1.165) is 36.1 Å². The monoisotopic (exact) mass is 421 g/mol. The van der Waals surface area contributed by atoms with Crippen LogP contribution < -0.4 is 10.1 Å². The number of benzene rings is 1. The molecule has 5 rings (SSSR count). The summed E-state index contributed by atoms with van der Waals surface area (Å²) < 4.78 is 20.6. The van der Waals surface area contributed by atoms with Crippen molar-refractivity contribution in [3.8, 4) is 34.0 Å². The molecule has 2 aliphatic heterocycles. The molecule has 2 aliphatic rings. The Morgan fingerprint density at radius 3 is 2.74 bits per heavy atom. The Kier molecular flexibility index (Phi) is 5.23. The van der Waals surface area contributed by atoms with Gasteiger partial charge >= 0.3 is 0 Å². The number of nitrogens with zero attached hydrogens (tertiary/aromatic N) is 4. The lowest BCUT2D eigenvalue weighted by Gasteiger charge is -2.42. The summed E-state index contributed by atoms with van der Waals surface area (Å²) in [5, 5.41) is 30.1. The number of phenols is 1. The lowest BCUT2D eigenvalue weighted by atomic mass is 9.84. The molecule has 7 nitrogen and oxygen atoms in total. The van der Waals surface area contributed by atoms with Crippen LogP contribution in [0, 0.1) is 6.92 Å². The summed E-state index contributed by atoms with van der Waals surface area (Å²) in [5.74, 6) is 0.385. The van der Waals surface area contributed by atoms with Crippen molar-refractivity contribution in [1.29, 1.82) is 0 Å². The molecule has 1 aromatic carbocycles. The van der Waals surface area contributed by atoms with Gasteiger partial charge in [-0.1, -0.05) is 12.5 Å². The smallest absolute Gasteiger partial charge is 0.233 e. The number of hydrogen-bond acceptors (Lipinski definition) is 7. The van der Waals surface area contributed by atoms with E-state index in [-0.39, 0.29) is 11.8 Å². The molecule has 2 aromatic heterocycles. The van der Waals surface area contributed by atoms with Crippen LogP contribution >= 0.6 is 0 Å². The Bertz CT molecular complexity index is 1080. The zero-order valence-corrected chi connectivity index (χ0v) is 17.2. The van der Waals surface area contributed by atoms with Gasteiger partial charge in [-0.15, -0.1) is 10.2 Å². The first-order chi connectivity index (χ1) is 15.1. The predicted octanol–water partition coefficient (Wildman–Crippen LogP) is 3.61. The van der Waals surface area contributed by atoms with Crippen LogP contribution in [0.5, 0.6) is 11.6 Å². The lowest BCUT2D eigenvalue weighted by Crippen LogP contribution is -2.59. The Morgan fingerprint density at radius 1 is 1.06 bits per heavy atom. The third-order valence-corrected chi connectivity index (χ3v) is 6.07. The normalized spacial score (nSPS) is 25.2. The van der Waals surface area contributed by atoms with Crippen LogP contribution in [0.4, 0.5) is 4.39 Å². The number of rotatable bonds is 4. The summed E-state index contributed by atoms with van der Waals surface area (Å²) in [7, 11) is 0. The Morgan fingerprint density at radius 2 is 1.97 bits per heavy atom. The molecule has 2 bridgehead atoms. The van der Waals surface area contributed by atoms with Crippen LogP contribution in [-0.2, 0) is 0 Å². The number of ether oxygens (including phenoxy) is 1. The number of piperidine rings is 2. The summed E-state index contributed by atoms with van der Waals surface area (Å²) in [4.78, 5) is 0. The second-order valence-electron chi connectivity index (χ2n) is 8.31. The molecule has 4 heterocycles. The van der Waals surface area contributed by atoms with E-state index in [1.807, 2.05) is 19.1 Å². The Hall–Kier alpha value is -3.13. The molecular weight excluding hydrogens is 397 g/mol. The molecule has 0 radical (unpaired) electrons. The van der Waals surface area contributed by atoms with E-state index >= 15 is 0 Å². The molecule has 0 saturated carbocycles. The number of aromatic nitrogens is 4. The van der Waals surface area contributed by atoms with E-state index in [9.17, 15) is 9.50 Å². The molecule has 4 atom stereocenters. The third-order valence-electron chi connectivity index (χ3n) is 6.07. The van der Waals surface area contributed by atoms with Crippen LogP contribution in [0.1, 0.15) is 31.4 Å². The largest absolute Gasteiger partial charge is 0.507 e. The van der Waals surface area contributed by atoms with E-state index in [4.69, 9.17) is 4.74 Å². The molecule has 2 fully saturated rings. The summed E-state index contributed by atoms with van der Waals surface area (Å²) in [6.45, 7) is 1.87. The highest BCUT2D eigenvalue weighted by Crippen LogP contribution is 2.33. The van der Waals surface area contributed by atoms with Crippen LogP contribution in [0.3, 0.4) is 0 Å². The van der Waals surface area contributed by atoms with Gasteiger partial charge in [0.1, 0.15) is 11.9 Å². The van der Waals surface area contributed by atoms with E-state index in [1.54, 1.807) is 30.5 Å². The van der Waals surface area contributed by atoms with Gasteiger partial charge < -0.3 is 15.2 Å². The minimum atomic E-state index is -1.05. The summed E-state index contributed by atoms with van der Waals surface area (Å²) in [5.41, 5.74) is 3.57. The molecule has 160 valence electrons. The van der Waals surface area contributed by atoms with Gasteiger partial charge in [-0.05, 0) is 49.6 Å². The summed E-state index contributed by atoms with van der Waals surface area (Å²) >= 11 is 0. The fraction of sp³-hybridized carbons (Fsp3) is 0.391. The molecule has 3 aromatic rings. The SMILES string of the molecule is Cc1cc(-c2ccc(-c3ccc(O[C@H]4CC5CCCC(N5)[C@H]4F)nn3)c(O)c2)cnn1. The van der Waals surface area contributed by atoms with Crippen LogP contribution in [0.2, 0.25) is 0 Å². The van der Waals surface area contributed by atoms with E-state index < -0.39 is 12.3 Å². The fourth-order valence-corrected chi connectivity index (χ4v) is 4.51. The standard InChI is InChI=1S/C23H24FN5O2/c1-13-9-15(12-25-27-13)14-5-6-17(20(30)10-14)18-7-8-22(29-28-18)31-21-11-16-3-2-4-19(26-16)23(21)24/h5-10,12,16,19,21,23,26,30H,2-4,11H2,1H3/t16?,19?,21-,23+/m0/s1. The van der Waals surface area contributed by atoms with Crippen molar-refractivity contribution in [3.63, 3.8) is 0 Å². The maximum atomic E-state index is 14.7. The maximum Gasteiger partial charge on any atom is 0.233 e. The zero-order chi connectivity index (χ0) is 21.4. The van der Waals surface area contributed by atoms with E-state index in [0.29, 0.717) is 29.6 Å². The first-order valence-corrected chi connectivity index (χ1v) is 10.6. The summed E-state index contributed by atoms with van der Waals surface area (Å²) in [6, 6.07) is 10.8. The van der Waals surface area contributed by atoms with Crippen molar-refractivity contribution < 1.29 is 14.2 Å². The van der Waals surface area contributed by atoms with Crippen molar-refractivity contribution in [2.24, 2.45) is 0 Å². The molecule has 2 saturated heterocycles. The maximum absolute atomic E-state index is 14.7. The topological polar surface area (TPSA) is 93.0 Å². The van der Waals surface area contributed by atoms with Gasteiger partial charge in [0.05, 0.1) is 17.6 Å². The van der Waals surface area contributed by atoms with Gasteiger partial charge in [0.15, 0.2) is 6.17 Å². The third kappa shape index (κ3) is 4.07. The fourth-order valence-electron chi connectivity index (χ4n) is 4.51. The number of phenolic OH excluding ortho intramolecular Hbond substituents is 1. The van der Waals surface area contributed by atoms with Crippen LogP contribution in [-0.4, -0.2) is 49.9 Å². The van der Waals surface area contributed by atoms with Crippen molar-refractivity contribution >= 4 is 0 Å². The highest BCUT2D eigenvalue weighted by atomic mass is 19.1. The summed E-state index contributed by atoms with van der Waals surface area (Å²) in [6.07, 6.45) is 3.67. The molecule has 0 spiro atoms. The quantitative estimate of drug-likeness (QED) is 0.665. The lowest BCUT2D eigenvalue weighted by molar-refractivity contribution is 0.00652. The molecule has 0 amide bonds. The highest BCUT2D eigenvalue weighted by molar-refractivity contribution is 5.73. The molecule has 8 heteroatoms. The first kappa shape index (κ1) is 19.8. The number of aromatic hydroxyl groups is 1. The number of hydrogen-bond donors (Lipinski definition) is 2. The number of fused-ring (bicyclic) bond motifs is 2. The van der Waals surface area contributed by atoms with Crippen molar-refractivity contribution in [2.45, 2.75) is 57.0 Å². The molecule has 0 aliphatic carbocycles. The molecular formula is C23H24FN5O2. The second-order valence-corrected chi connectivity index (χ2v) is 8.31. The van der Waals surface area contributed by atoms with Crippen LogP contribution in [0.15, 0.2) is 42.6 Å².